The third-order valence-electron chi connectivity index (χ3n) is 3.08. The second kappa shape index (κ2) is 3.73. The van der Waals surface area contributed by atoms with E-state index in [9.17, 15) is 4.79 Å². The van der Waals surface area contributed by atoms with E-state index >= 15 is 0 Å². The standard InChI is InChI=1S/C13H13N3O/c1-15-9-11(8-14-15)13(17)16-7-6-10-4-2-3-5-12(10)16/h2-5,8-9H,6-7H2,1H3. The number of hydrogen-bond donors (Lipinski definition) is 0. The topological polar surface area (TPSA) is 38.1 Å². The quantitative estimate of drug-likeness (QED) is 0.742. The molecule has 0 saturated heterocycles. The van der Waals surface area contributed by atoms with Gasteiger partial charge in [-0.15, -0.1) is 0 Å². The minimum absolute atomic E-state index is 0.0306. The van der Waals surface area contributed by atoms with E-state index in [0.717, 1.165) is 18.7 Å². The number of hydrogen-bond acceptors (Lipinski definition) is 2. The van der Waals surface area contributed by atoms with Crippen molar-refractivity contribution in [3.8, 4) is 0 Å². The zero-order valence-corrected chi connectivity index (χ0v) is 9.63. The number of benzene rings is 1. The van der Waals surface area contributed by atoms with Crippen LogP contribution in [0.5, 0.6) is 0 Å². The average molecular weight is 227 g/mol. The molecule has 1 aliphatic heterocycles. The molecular weight excluding hydrogens is 214 g/mol. The molecule has 4 nitrogen and oxygen atoms in total. The number of aromatic nitrogens is 2. The zero-order valence-electron chi connectivity index (χ0n) is 9.63. The van der Waals surface area contributed by atoms with Crippen LogP contribution in [0.4, 0.5) is 5.69 Å². The minimum atomic E-state index is 0.0306. The fourth-order valence-electron chi connectivity index (χ4n) is 2.24. The number of anilines is 1. The number of fused-ring (bicyclic) bond motifs is 1. The highest BCUT2D eigenvalue weighted by Crippen LogP contribution is 2.28. The molecule has 0 fully saturated rings. The highest BCUT2D eigenvalue weighted by atomic mass is 16.2. The predicted molar refractivity (Wildman–Crippen MR) is 65.0 cm³/mol. The van der Waals surface area contributed by atoms with E-state index in [1.807, 2.05) is 30.1 Å². The molecule has 86 valence electrons. The second-order valence-electron chi connectivity index (χ2n) is 4.24. The van der Waals surface area contributed by atoms with Crippen LogP contribution < -0.4 is 4.90 Å². The molecule has 0 saturated carbocycles. The van der Waals surface area contributed by atoms with Crippen molar-refractivity contribution in [2.24, 2.45) is 7.05 Å². The van der Waals surface area contributed by atoms with Gasteiger partial charge >= 0.3 is 0 Å². The summed E-state index contributed by atoms with van der Waals surface area (Å²) >= 11 is 0. The lowest BCUT2D eigenvalue weighted by atomic mass is 10.2. The van der Waals surface area contributed by atoms with Crippen LogP contribution in [0.2, 0.25) is 0 Å². The van der Waals surface area contributed by atoms with Gasteiger partial charge in [0.15, 0.2) is 0 Å². The molecule has 17 heavy (non-hydrogen) atoms. The molecule has 0 bridgehead atoms. The smallest absolute Gasteiger partial charge is 0.261 e. The molecular formula is C13H13N3O. The minimum Gasteiger partial charge on any atom is -0.308 e. The van der Waals surface area contributed by atoms with E-state index < -0.39 is 0 Å². The van der Waals surface area contributed by atoms with Gasteiger partial charge in [0.1, 0.15) is 0 Å². The maximum Gasteiger partial charge on any atom is 0.261 e. The van der Waals surface area contributed by atoms with Crippen LogP contribution in [0.25, 0.3) is 0 Å². The van der Waals surface area contributed by atoms with Crippen LogP contribution in [0.15, 0.2) is 36.7 Å². The fourth-order valence-corrected chi connectivity index (χ4v) is 2.24. The van der Waals surface area contributed by atoms with Crippen molar-refractivity contribution in [2.45, 2.75) is 6.42 Å². The summed E-state index contributed by atoms with van der Waals surface area (Å²) < 4.78 is 1.65. The molecule has 1 aliphatic rings. The first kappa shape index (κ1) is 10.1. The summed E-state index contributed by atoms with van der Waals surface area (Å²) in [6.45, 7) is 0.757. The third kappa shape index (κ3) is 1.62. The maximum absolute atomic E-state index is 12.3. The van der Waals surface area contributed by atoms with Crippen LogP contribution in [0.1, 0.15) is 15.9 Å². The molecule has 1 amide bonds. The Bertz CT molecular complexity index is 574. The molecule has 1 aromatic heterocycles. The Balaban J connectivity index is 1.95. The van der Waals surface area contributed by atoms with Gasteiger partial charge in [0, 0.05) is 25.5 Å². The summed E-state index contributed by atoms with van der Waals surface area (Å²) in [5, 5.41) is 4.03. The second-order valence-corrected chi connectivity index (χ2v) is 4.24. The molecule has 0 radical (unpaired) electrons. The SMILES string of the molecule is Cn1cc(C(=O)N2CCc3ccccc32)cn1. The van der Waals surface area contributed by atoms with E-state index in [1.165, 1.54) is 5.56 Å². The van der Waals surface area contributed by atoms with Gasteiger partial charge < -0.3 is 4.90 Å². The van der Waals surface area contributed by atoms with Gasteiger partial charge in [-0.25, -0.2) is 0 Å². The normalized spacial score (nSPS) is 13.8. The number of amides is 1. The Morgan fingerprint density at radius 3 is 2.94 bits per heavy atom. The van der Waals surface area contributed by atoms with Gasteiger partial charge in [0.2, 0.25) is 0 Å². The molecule has 2 heterocycles. The lowest BCUT2D eigenvalue weighted by Crippen LogP contribution is -2.28. The van der Waals surface area contributed by atoms with Gasteiger partial charge in [-0.05, 0) is 18.1 Å². The molecule has 0 spiro atoms. The van der Waals surface area contributed by atoms with Crippen LogP contribution in [-0.2, 0) is 13.5 Å². The average Bonchev–Trinajstić information content (AvgIpc) is 2.94. The highest BCUT2D eigenvalue weighted by Gasteiger charge is 2.25. The number of nitrogens with zero attached hydrogens (tertiary/aromatic N) is 3. The van der Waals surface area contributed by atoms with Crippen LogP contribution in [0, 0.1) is 0 Å². The Hall–Kier alpha value is -2.10. The van der Waals surface area contributed by atoms with E-state index in [1.54, 1.807) is 17.1 Å². The lowest BCUT2D eigenvalue weighted by Gasteiger charge is -2.15. The number of carbonyl (C=O) groups is 1. The molecule has 0 atom stereocenters. The number of carbonyl (C=O) groups excluding carboxylic acids is 1. The van der Waals surface area contributed by atoms with Crippen molar-refractivity contribution in [3.63, 3.8) is 0 Å². The Morgan fingerprint density at radius 1 is 1.35 bits per heavy atom. The molecule has 0 N–H and O–H groups in total. The molecule has 2 aromatic rings. The summed E-state index contributed by atoms with van der Waals surface area (Å²) in [7, 11) is 1.81. The summed E-state index contributed by atoms with van der Waals surface area (Å²) in [5.41, 5.74) is 2.91. The van der Waals surface area contributed by atoms with Crippen molar-refractivity contribution < 1.29 is 4.79 Å². The summed E-state index contributed by atoms with van der Waals surface area (Å²) in [5.74, 6) is 0.0306. The lowest BCUT2D eigenvalue weighted by molar-refractivity contribution is 0.0989. The van der Waals surface area contributed by atoms with Crippen LogP contribution in [-0.4, -0.2) is 22.2 Å². The van der Waals surface area contributed by atoms with Gasteiger partial charge in [0.05, 0.1) is 11.8 Å². The van der Waals surface area contributed by atoms with Gasteiger partial charge in [-0.3, -0.25) is 9.48 Å². The molecule has 3 rings (SSSR count). The largest absolute Gasteiger partial charge is 0.308 e. The predicted octanol–water partition coefficient (Wildman–Crippen LogP) is 1.62. The van der Waals surface area contributed by atoms with Crippen LogP contribution in [0.3, 0.4) is 0 Å². The van der Waals surface area contributed by atoms with Crippen molar-refractivity contribution in [1.29, 1.82) is 0 Å². The van der Waals surface area contributed by atoms with Gasteiger partial charge in [-0.2, -0.15) is 5.10 Å². The number of para-hydroxylation sites is 1. The van der Waals surface area contributed by atoms with E-state index in [0.29, 0.717) is 5.56 Å². The van der Waals surface area contributed by atoms with Crippen molar-refractivity contribution in [1.82, 2.24) is 9.78 Å². The summed E-state index contributed by atoms with van der Waals surface area (Å²) in [6.07, 6.45) is 4.30. The Labute approximate surface area is 99.5 Å². The third-order valence-corrected chi connectivity index (χ3v) is 3.08. The highest BCUT2D eigenvalue weighted by molar-refractivity contribution is 6.06. The van der Waals surface area contributed by atoms with Crippen LogP contribution >= 0.6 is 0 Å². The first-order chi connectivity index (χ1) is 8.25. The zero-order chi connectivity index (χ0) is 11.8. The van der Waals surface area contributed by atoms with Gasteiger partial charge in [0.25, 0.3) is 5.91 Å². The Kier molecular flexibility index (Phi) is 2.21. The summed E-state index contributed by atoms with van der Waals surface area (Å²) in [4.78, 5) is 14.1. The first-order valence-corrected chi connectivity index (χ1v) is 5.64. The monoisotopic (exact) mass is 227 g/mol. The molecule has 1 aromatic carbocycles. The first-order valence-electron chi connectivity index (χ1n) is 5.64. The van der Waals surface area contributed by atoms with E-state index in [-0.39, 0.29) is 5.91 Å². The number of aryl methyl sites for hydroxylation is 1. The summed E-state index contributed by atoms with van der Waals surface area (Å²) in [6, 6.07) is 8.05. The molecule has 0 aliphatic carbocycles. The Morgan fingerprint density at radius 2 is 2.18 bits per heavy atom. The molecule has 4 heteroatoms. The van der Waals surface area contributed by atoms with Crippen molar-refractivity contribution in [3.05, 3.63) is 47.8 Å². The molecule has 0 unspecified atom stereocenters. The van der Waals surface area contributed by atoms with E-state index in [2.05, 4.69) is 11.2 Å². The maximum atomic E-state index is 12.3. The van der Waals surface area contributed by atoms with Gasteiger partial charge in [-0.1, -0.05) is 18.2 Å². The fraction of sp³-hybridized carbons (Fsp3) is 0.231. The van der Waals surface area contributed by atoms with E-state index in [4.69, 9.17) is 0 Å². The van der Waals surface area contributed by atoms with Crippen molar-refractivity contribution in [2.75, 3.05) is 11.4 Å². The number of rotatable bonds is 1. The van der Waals surface area contributed by atoms with Crippen molar-refractivity contribution >= 4 is 11.6 Å².